The van der Waals surface area contributed by atoms with Crippen LogP contribution in [0.25, 0.3) is 0 Å². The lowest BCUT2D eigenvalue weighted by Crippen LogP contribution is -2.05. The van der Waals surface area contributed by atoms with Crippen LogP contribution in [0.5, 0.6) is 0 Å². The van der Waals surface area contributed by atoms with Crippen molar-refractivity contribution in [3.8, 4) is 0 Å². The van der Waals surface area contributed by atoms with Gasteiger partial charge in [-0.25, -0.2) is 8.78 Å². The van der Waals surface area contributed by atoms with E-state index >= 15 is 0 Å². The molecule has 2 nitrogen and oxygen atoms in total. The lowest BCUT2D eigenvalue weighted by atomic mass is 10.3. The number of hydrogen-bond donors (Lipinski definition) is 0. The fourth-order valence-corrected chi connectivity index (χ4v) is 2.77. The first kappa shape index (κ1) is 8.34. The SMILES string of the molecule is O=S(=O)(F)CC1CC12CC2(F)F. The van der Waals surface area contributed by atoms with Gasteiger partial charge in [-0.2, -0.15) is 8.42 Å². The van der Waals surface area contributed by atoms with Crippen LogP contribution in [-0.2, 0) is 10.2 Å². The van der Waals surface area contributed by atoms with Crippen LogP contribution < -0.4 is 0 Å². The van der Waals surface area contributed by atoms with Crippen molar-refractivity contribution in [3.63, 3.8) is 0 Å². The van der Waals surface area contributed by atoms with E-state index in [-0.39, 0.29) is 12.8 Å². The zero-order chi connectivity index (χ0) is 9.20. The zero-order valence-corrected chi connectivity index (χ0v) is 6.87. The van der Waals surface area contributed by atoms with Gasteiger partial charge >= 0.3 is 10.2 Å². The van der Waals surface area contributed by atoms with Crippen molar-refractivity contribution in [3.05, 3.63) is 0 Å². The van der Waals surface area contributed by atoms with Gasteiger partial charge in [0.2, 0.25) is 0 Å². The Morgan fingerprint density at radius 1 is 1.42 bits per heavy atom. The molecule has 0 aromatic rings. The fourth-order valence-electron chi connectivity index (χ4n) is 1.86. The lowest BCUT2D eigenvalue weighted by Gasteiger charge is -1.93. The molecule has 0 radical (unpaired) electrons. The minimum Gasteiger partial charge on any atom is -0.206 e. The van der Waals surface area contributed by atoms with Gasteiger partial charge < -0.3 is 0 Å². The van der Waals surface area contributed by atoms with Crippen molar-refractivity contribution in [1.82, 2.24) is 0 Å². The molecule has 12 heavy (non-hydrogen) atoms. The summed E-state index contributed by atoms with van der Waals surface area (Å²) in [5.74, 6) is -4.12. The summed E-state index contributed by atoms with van der Waals surface area (Å²) in [5.41, 5.74) is -1.13. The Morgan fingerprint density at radius 2 is 1.92 bits per heavy atom. The summed E-state index contributed by atoms with van der Waals surface area (Å²) in [7, 11) is -4.58. The van der Waals surface area contributed by atoms with Gasteiger partial charge in [-0.3, -0.25) is 0 Å². The van der Waals surface area contributed by atoms with Crippen LogP contribution in [-0.4, -0.2) is 20.1 Å². The normalized spacial score (nSPS) is 43.1. The molecular weight excluding hydrogens is 193 g/mol. The molecule has 2 aliphatic carbocycles. The van der Waals surface area contributed by atoms with Gasteiger partial charge in [0.15, 0.2) is 0 Å². The molecule has 0 aromatic carbocycles. The van der Waals surface area contributed by atoms with Crippen molar-refractivity contribution >= 4 is 10.2 Å². The van der Waals surface area contributed by atoms with Crippen molar-refractivity contribution < 1.29 is 21.1 Å². The first-order valence-corrected chi connectivity index (χ1v) is 5.12. The van der Waals surface area contributed by atoms with Crippen LogP contribution in [0.4, 0.5) is 12.7 Å². The van der Waals surface area contributed by atoms with Crippen LogP contribution in [0.15, 0.2) is 0 Å². The summed E-state index contributed by atoms with van der Waals surface area (Å²) in [4.78, 5) is 0. The van der Waals surface area contributed by atoms with E-state index in [0.29, 0.717) is 0 Å². The number of halogens is 3. The molecule has 2 saturated carbocycles. The molecule has 0 aliphatic heterocycles. The predicted octanol–water partition coefficient (Wildman–Crippen LogP) is 1.33. The van der Waals surface area contributed by atoms with Gasteiger partial charge in [-0.05, 0) is 12.3 Å². The number of alkyl halides is 2. The predicted molar refractivity (Wildman–Crippen MR) is 35.0 cm³/mol. The van der Waals surface area contributed by atoms with Crippen LogP contribution in [0.2, 0.25) is 0 Å². The zero-order valence-electron chi connectivity index (χ0n) is 6.06. The highest BCUT2D eigenvalue weighted by molar-refractivity contribution is 7.86. The summed E-state index contributed by atoms with van der Waals surface area (Å²) in [6.07, 6.45) is -0.108. The average Bonchev–Trinajstić information content (AvgIpc) is 2.48. The molecule has 2 rings (SSSR count). The lowest BCUT2D eigenvalue weighted by molar-refractivity contribution is 0.0900. The molecule has 2 aliphatic rings. The van der Waals surface area contributed by atoms with Crippen molar-refractivity contribution in [2.45, 2.75) is 18.8 Å². The molecule has 0 aromatic heterocycles. The van der Waals surface area contributed by atoms with Crippen LogP contribution in [0, 0.1) is 11.3 Å². The molecule has 0 amide bonds. The molecule has 2 atom stereocenters. The van der Waals surface area contributed by atoms with Crippen LogP contribution >= 0.6 is 0 Å². The van der Waals surface area contributed by atoms with E-state index in [1.165, 1.54) is 0 Å². The van der Waals surface area contributed by atoms with Gasteiger partial charge in [0.25, 0.3) is 5.92 Å². The summed E-state index contributed by atoms with van der Waals surface area (Å²) in [6, 6.07) is 0. The second-order valence-electron chi connectivity index (χ2n) is 3.64. The summed E-state index contributed by atoms with van der Waals surface area (Å²) in [5, 5.41) is 0. The number of hydrogen-bond acceptors (Lipinski definition) is 2. The molecule has 0 N–H and O–H groups in total. The Kier molecular flexibility index (Phi) is 1.26. The van der Waals surface area contributed by atoms with E-state index in [0.717, 1.165) is 0 Å². The van der Waals surface area contributed by atoms with Gasteiger partial charge in [-0.1, -0.05) is 0 Å². The van der Waals surface area contributed by atoms with Crippen molar-refractivity contribution in [2.75, 3.05) is 5.75 Å². The highest BCUT2D eigenvalue weighted by Gasteiger charge is 2.83. The Bertz CT molecular complexity index is 324. The Balaban J connectivity index is 1.99. The van der Waals surface area contributed by atoms with E-state index in [9.17, 15) is 21.1 Å². The molecular formula is C6H7F3O2S. The molecule has 0 heterocycles. The first-order chi connectivity index (χ1) is 5.27. The third kappa shape index (κ3) is 1.04. The molecule has 70 valence electrons. The molecule has 1 spiro atoms. The third-order valence-corrected chi connectivity index (χ3v) is 3.57. The largest absolute Gasteiger partial charge is 0.302 e. The fraction of sp³-hybridized carbons (Fsp3) is 1.00. The second-order valence-corrected chi connectivity index (χ2v) is 5.05. The highest BCUT2D eigenvalue weighted by Crippen LogP contribution is 2.79. The Morgan fingerprint density at radius 3 is 2.17 bits per heavy atom. The van der Waals surface area contributed by atoms with Gasteiger partial charge in [-0.15, -0.1) is 3.89 Å². The minimum absolute atomic E-state index is 0.156. The van der Waals surface area contributed by atoms with Gasteiger partial charge in [0.1, 0.15) is 0 Å². The quantitative estimate of drug-likeness (QED) is 0.630. The summed E-state index contributed by atoms with van der Waals surface area (Å²) < 4.78 is 57.2. The third-order valence-electron chi connectivity index (χ3n) is 2.77. The monoisotopic (exact) mass is 200 g/mol. The maximum Gasteiger partial charge on any atom is 0.302 e. The maximum absolute atomic E-state index is 12.5. The first-order valence-electron chi connectivity index (χ1n) is 3.57. The highest BCUT2D eigenvalue weighted by atomic mass is 32.3. The van der Waals surface area contributed by atoms with E-state index < -0.39 is 33.2 Å². The van der Waals surface area contributed by atoms with Crippen molar-refractivity contribution in [2.24, 2.45) is 11.3 Å². The molecule has 6 heteroatoms. The van der Waals surface area contributed by atoms with E-state index in [4.69, 9.17) is 0 Å². The maximum atomic E-state index is 12.5. The van der Waals surface area contributed by atoms with E-state index in [1.807, 2.05) is 0 Å². The summed E-state index contributed by atoms with van der Waals surface area (Å²) in [6.45, 7) is 0. The van der Waals surface area contributed by atoms with E-state index in [2.05, 4.69) is 0 Å². The standard InChI is InChI=1S/C6H7F3O2S/c7-6(8)3-5(6)1-4(5)2-12(9,10)11/h4H,1-3H2. The van der Waals surface area contributed by atoms with Crippen LogP contribution in [0.1, 0.15) is 12.8 Å². The minimum atomic E-state index is -4.58. The molecule has 2 fully saturated rings. The average molecular weight is 200 g/mol. The molecule has 0 bridgehead atoms. The second kappa shape index (κ2) is 1.81. The number of rotatable bonds is 2. The molecule has 2 unspecified atom stereocenters. The van der Waals surface area contributed by atoms with Gasteiger partial charge in [0, 0.05) is 11.8 Å². The topological polar surface area (TPSA) is 34.1 Å². The van der Waals surface area contributed by atoms with Gasteiger partial charge in [0.05, 0.1) is 5.75 Å². The Hall–Kier alpha value is -0.260. The smallest absolute Gasteiger partial charge is 0.206 e. The van der Waals surface area contributed by atoms with E-state index in [1.54, 1.807) is 0 Å². The Labute approximate surface area is 68.0 Å². The van der Waals surface area contributed by atoms with Crippen LogP contribution in [0.3, 0.4) is 0 Å². The summed E-state index contributed by atoms with van der Waals surface area (Å²) >= 11 is 0. The van der Waals surface area contributed by atoms with Crippen molar-refractivity contribution in [1.29, 1.82) is 0 Å². The molecule has 0 saturated heterocycles.